The summed E-state index contributed by atoms with van der Waals surface area (Å²) in [6, 6.07) is 18.6. The van der Waals surface area contributed by atoms with Crippen LogP contribution < -0.4 is 9.62 Å². The number of sulfonamides is 1. The molecular formula is C19H24N2O3S. The SMILES string of the molecule is C[C@@H](CCc1ccccc1)NC(=O)CN(c1ccccc1)S(C)(=O)=O. The first-order chi connectivity index (χ1) is 11.9. The summed E-state index contributed by atoms with van der Waals surface area (Å²) in [6.07, 6.45) is 2.75. The molecule has 1 amide bonds. The van der Waals surface area contributed by atoms with E-state index in [1.807, 2.05) is 25.1 Å². The molecule has 1 N–H and O–H groups in total. The zero-order valence-electron chi connectivity index (χ0n) is 14.6. The Hall–Kier alpha value is -2.34. The van der Waals surface area contributed by atoms with Crippen molar-refractivity contribution in [1.29, 1.82) is 0 Å². The van der Waals surface area contributed by atoms with Crippen LogP contribution in [0.15, 0.2) is 60.7 Å². The molecule has 0 bridgehead atoms. The molecule has 0 radical (unpaired) electrons. The van der Waals surface area contributed by atoms with Gasteiger partial charge in [-0.05, 0) is 37.5 Å². The van der Waals surface area contributed by atoms with Gasteiger partial charge in [0.2, 0.25) is 15.9 Å². The number of carbonyl (C=O) groups excluding carboxylic acids is 1. The van der Waals surface area contributed by atoms with E-state index in [9.17, 15) is 13.2 Å². The molecule has 0 saturated carbocycles. The van der Waals surface area contributed by atoms with E-state index in [0.29, 0.717) is 5.69 Å². The number of aryl methyl sites for hydroxylation is 1. The van der Waals surface area contributed by atoms with Gasteiger partial charge >= 0.3 is 0 Å². The lowest BCUT2D eigenvalue weighted by molar-refractivity contribution is -0.120. The standard InChI is InChI=1S/C19H24N2O3S/c1-16(13-14-17-9-5-3-6-10-17)20-19(22)15-21(25(2,23)24)18-11-7-4-8-12-18/h3-12,16H,13-15H2,1-2H3,(H,20,22)/t16-/m0/s1. The topological polar surface area (TPSA) is 66.5 Å². The van der Waals surface area contributed by atoms with Crippen LogP contribution >= 0.6 is 0 Å². The molecule has 0 aliphatic rings. The summed E-state index contributed by atoms with van der Waals surface area (Å²) in [4.78, 5) is 12.3. The van der Waals surface area contributed by atoms with E-state index < -0.39 is 10.0 Å². The Labute approximate surface area is 149 Å². The molecule has 0 fully saturated rings. The Kier molecular flexibility index (Phi) is 6.58. The third kappa shape index (κ3) is 6.23. The molecule has 0 saturated heterocycles. The van der Waals surface area contributed by atoms with Gasteiger partial charge in [0, 0.05) is 6.04 Å². The minimum absolute atomic E-state index is 0.0371. The zero-order chi connectivity index (χ0) is 18.3. The van der Waals surface area contributed by atoms with Gasteiger partial charge in [-0.3, -0.25) is 9.10 Å². The maximum atomic E-state index is 12.3. The van der Waals surface area contributed by atoms with Crippen molar-refractivity contribution in [3.05, 3.63) is 66.2 Å². The minimum atomic E-state index is -3.53. The number of benzene rings is 2. The van der Waals surface area contributed by atoms with E-state index in [4.69, 9.17) is 0 Å². The maximum Gasteiger partial charge on any atom is 0.240 e. The molecule has 5 nitrogen and oxygen atoms in total. The lowest BCUT2D eigenvalue weighted by Crippen LogP contribution is -2.43. The van der Waals surface area contributed by atoms with Crippen molar-refractivity contribution in [3.63, 3.8) is 0 Å². The van der Waals surface area contributed by atoms with Crippen LogP contribution in [-0.2, 0) is 21.2 Å². The predicted octanol–water partition coefficient (Wildman–Crippen LogP) is 2.59. The van der Waals surface area contributed by atoms with Gasteiger partial charge in [-0.25, -0.2) is 8.42 Å². The first kappa shape index (κ1) is 19.0. The fourth-order valence-electron chi connectivity index (χ4n) is 2.55. The zero-order valence-corrected chi connectivity index (χ0v) is 15.4. The molecule has 0 aliphatic heterocycles. The Bertz CT molecular complexity index is 777. The van der Waals surface area contributed by atoms with E-state index in [1.165, 1.54) is 5.56 Å². The van der Waals surface area contributed by atoms with Gasteiger partial charge < -0.3 is 5.32 Å². The number of anilines is 1. The number of rotatable bonds is 8. The number of nitrogens with zero attached hydrogens (tertiary/aromatic N) is 1. The maximum absolute atomic E-state index is 12.3. The van der Waals surface area contributed by atoms with Crippen molar-refractivity contribution in [1.82, 2.24) is 5.32 Å². The second-order valence-corrected chi connectivity index (χ2v) is 8.00. The Morgan fingerprint density at radius 1 is 1.04 bits per heavy atom. The van der Waals surface area contributed by atoms with Crippen molar-refractivity contribution >= 4 is 21.6 Å². The summed E-state index contributed by atoms with van der Waals surface area (Å²) in [5.41, 5.74) is 1.70. The van der Waals surface area contributed by atoms with E-state index in [0.717, 1.165) is 23.4 Å². The Balaban J connectivity index is 1.92. The van der Waals surface area contributed by atoms with Crippen molar-refractivity contribution in [2.45, 2.75) is 25.8 Å². The highest BCUT2D eigenvalue weighted by molar-refractivity contribution is 7.92. The number of carbonyl (C=O) groups is 1. The average molecular weight is 360 g/mol. The number of amides is 1. The normalized spacial score (nSPS) is 12.4. The summed E-state index contributed by atoms with van der Waals surface area (Å²) in [7, 11) is -3.53. The largest absolute Gasteiger partial charge is 0.352 e. The molecule has 0 unspecified atom stereocenters. The predicted molar refractivity (Wildman–Crippen MR) is 101 cm³/mol. The molecule has 0 aliphatic carbocycles. The van der Waals surface area contributed by atoms with Crippen molar-refractivity contribution < 1.29 is 13.2 Å². The average Bonchev–Trinajstić information content (AvgIpc) is 2.58. The molecule has 2 rings (SSSR count). The van der Waals surface area contributed by atoms with Crippen molar-refractivity contribution in [3.8, 4) is 0 Å². The second-order valence-electron chi connectivity index (χ2n) is 6.10. The summed E-state index contributed by atoms with van der Waals surface area (Å²) in [6.45, 7) is 1.70. The van der Waals surface area contributed by atoms with Crippen LogP contribution in [0.3, 0.4) is 0 Å². The molecule has 0 heterocycles. The monoisotopic (exact) mass is 360 g/mol. The smallest absolute Gasteiger partial charge is 0.240 e. The van der Waals surface area contributed by atoms with Crippen LogP contribution in [0.1, 0.15) is 18.9 Å². The van der Waals surface area contributed by atoms with Gasteiger partial charge in [-0.2, -0.15) is 0 Å². The third-order valence-corrected chi connectivity index (χ3v) is 4.99. The number of nitrogens with one attached hydrogen (secondary N) is 1. The van der Waals surface area contributed by atoms with Gasteiger partial charge in [-0.15, -0.1) is 0 Å². The highest BCUT2D eigenvalue weighted by Crippen LogP contribution is 2.16. The van der Waals surface area contributed by atoms with Crippen LogP contribution in [0.5, 0.6) is 0 Å². The van der Waals surface area contributed by atoms with Crippen molar-refractivity contribution in [2.75, 3.05) is 17.1 Å². The molecular weight excluding hydrogens is 336 g/mol. The quantitative estimate of drug-likeness (QED) is 0.787. The number of para-hydroxylation sites is 1. The van der Waals surface area contributed by atoms with Crippen LogP contribution in [0.4, 0.5) is 5.69 Å². The number of hydrogen-bond donors (Lipinski definition) is 1. The molecule has 6 heteroatoms. The minimum Gasteiger partial charge on any atom is -0.352 e. The number of hydrogen-bond acceptors (Lipinski definition) is 3. The molecule has 0 spiro atoms. The summed E-state index contributed by atoms with van der Waals surface area (Å²) in [5, 5.41) is 2.88. The lowest BCUT2D eigenvalue weighted by atomic mass is 10.1. The van der Waals surface area contributed by atoms with Gasteiger partial charge in [0.25, 0.3) is 0 Å². The Morgan fingerprint density at radius 3 is 2.16 bits per heavy atom. The van der Waals surface area contributed by atoms with Gasteiger partial charge in [0.1, 0.15) is 6.54 Å². The highest BCUT2D eigenvalue weighted by Gasteiger charge is 2.21. The summed E-state index contributed by atoms with van der Waals surface area (Å²) in [5.74, 6) is -0.310. The van der Waals surface area contributed by atoms with Crippen LogP contribution in [0.25, 0.3) is 0 Å². The van der Waals surface area contributed by atoms with E-state index in [2.05, 4.69) is 17.4 Å². The fourth-order valence-corrected chi connectivity index (χ4v) is 3.40. The molecule has 134 valence electrons. The van der Waals surface area contributed by atoms with E-state index >= 15 is 0 Å². The van der Waals surface area contributed by atoms with E-state index in [1.54, 1.807) is 30.3 Å². The molecule has 2 aromatic carbocycles. The second kappa shape index (κ2) is 8.67. The van der Waals surface area contributed by atoms with Crippen molar-refractivity contribution in [2.24, 2.45) is 0 Å². The lowest BCUT2D eigenvalue weighted by Gasteiger charge is -2.23. The van der Waals surface area contributed by atoms with E-state index in [-0.39, 0.29) is 18.5 Å². The van der Waals surface area contributed by atoms with Crippen LogP contribution in [-0.4, -0.2) is 33.2 Å². The highest BCUT2D eigenvalue weighted by atomic mass is 32.2. The summed E-state index contributed by atoms with van der Waals surface area (Å²) >= 11 is 0. The van der Waals surface area contributed by atoms with Gasteiger partial charge in [0.05, 0.1) is 11.9 Å². The Morgan fingerprint density at radius 2 is 1.60 bits per heavy atom. The van der Waals surface area contributed by atoms with Crippen LogP contribution in [0, 0.1) is 0 Å². The fraction of sp³-hybridized carbons (Fsp3) is 0.316. The molecule has 1 atom stereocenters. The summed E-state index contributed by atoms with van der Waals surface area (Å²) < 4.78 is 25.1. The van der Waals surface area contributed by atoms with Crippen LogP contribution in [0.2, 0.25) is 0 Å². The molecule has 2 aromatic rings. The van der Waals surface area contributed by atoms with Gasteiger partial charge in [-0.1, -0.05) is 48.5 Å². The van der Waals surface area contributed by atoms with Gasteiger partial charge in [0.15, 0.2) is 0 Å². The third-order valence-electron chi connectivity index (χ3n) is 3.85. The first-order valence-electron chi connectivity index (χ1n) is 8.22. The molecule has 0 aromatic heterocycles. The molecule has 25 heavy (non-hydrogen) atoms. The first-order valence-corrected chi connectivity index (χ1v) is 10.1.